The third kappa shape index (κ3) is 3.25. The molecule has 1 amide bonds. The van der Waals surface area contributed by atoms with Gasteiger partial charge in [0.1, 0.15) is 22.7 Å². The highest BCUT2D eigenvalue weighted by atomic mass is 19.1. The van der Waals surface area contributed by atoms with Gasteiger partial charge >= 0.3 is 0 Å². The number of pyridine rings is 2. The van der Waals surface area contributed by atoms with Gasteiger partial charge in [-0.05, 0) is 35.9 Å². The van der Waals surface area contributed by atoms with Crippen molar-refractivity contribution in [3.63, 3.8) is 0 Å². The zero-order valence-corrected chi connectivity index (χ0v) is 16.0. The van der Waals surface area contributed by atoms with E-state index in [1.165, 1.54) is 0 Å². The van der Waals surface area contributed by atoms with Crippen LogP contribution >= 0.6 is 0 Å². The van der Waals surface area contributed by atoms with Crippen molar-refractivity contribution in [3.05, 3.63) is 83.6 Å². The molecule has 31 heavy (non-hydrogen) atoms. The van der Waals surface area contributed by atoms with Gasteiger partial charge in [0.15, 0.2) is 5.65 Å². The summed E-state index contributed by atoms with van der Waals surface area (Å²) in [6, 6.07) is 15.0. The third-order valence-electron chi connectivity index (χ3n) is 4.98. The van der Waals surface area contributed by atoms with Gasteiger partial charge in [-0.15, -0.1) is 5.10 Å². The topological polar surface area (TPSA) is 99.6 Å². The van der Waals surface area contributed by atoms with Crippen molar-refractivity contribution in [2.24, 2.45) is 5.73 Å². The lowest BCUT2D eigenvalue weighted by Gasteiger charge is -2.08. The van der Waals surface area contributed by atoms with Crippen molar-refractivity contribution in [3.8, 4) is 11.3 Å². The van der Waals surface area contributed by atoms with Crippen molar-refractivity contribution < 1.29 is 13.6 Å². The first-order valence-electron chi connectivity index (χ1n) is 9.33. The van der Waals surface area contributed by atoms with E-state index in [9.17, 15) is 13.6 Å². The summed E-state index contributed by atoms with van der Waals surface area (Å²) < 4.78 is 30.0. The summed E-state index contributed by atoms with van der Waals surface area (Å²) in [7, 11) is 0. The van der Waals surface area contributed by atoms with Crippen LogP contribution in [0, 0.1) is 11.6 Å². The SMILES string of the molecule is NC(=O)c1c(F)cc(-c2ccc3nnn(Cc4cccc5cccnc45)c3n2)cc1F. The molecule has 9 heteroatoms. The number of amides is 1. The molecule has 0 saturated heterocycles. The number of para-hydroxylation sites is 1. The molecule has 152 valence electrons. The Morgan fingerprint density at radius 2 is 1.81 bits per heavy atom. The summed E-state index contributed by atoms with van der Waals surface area (Å²) in [5.74, 6) is -3.26. The minimum Gasteiger partial charge on any atom is -0.365 e. The lowest BCUT2D eigenvalue weighted by molar-refractivity contribution is 0.0992. The van der Waals surface area contributed by atoms with E-state index in [0.717, 1.165) is 28.6 Å². The average Bonchev–Trinajstić information content (AvgIpc) is 3.15. The van der Waals surface area contributed by atoms with Crippen LogP contribution < -0.4 is 5.73 Å². The molecule has 7 nitrogen and oxygen atoms in total. The van der Waals surface area contributed by atoms with E-state index in [1.54, 1.807) is 23.0 Å². The molecule has 3 aromatic heterocycles. The molecule has 0 fully saturated rings. The molecular formula is C22H14F2N6O. The molecule has 5 rings (SSSR count). The maximum Gasteiger partial charge on any atom is 0.254 e. The highest BCUT2D eigenvalue weighted by molar-refractivity contribution is 5.94. The number of benzene rings is 2. The van der Waals surface area contributed by atoms with E-state index in [1.807, 2.05) is 30.3 Å². The molecule has 0 radical (unpaired) electrons. The van der Waals surface area contributed by atoms with Gasteiger partial charge in [-0.25, -0.2) is 18.4 Å². The van der Waals surface area contributed by atoms with Crippen LogP contribution in [0.1, 0.15) is 15.9 Å². The molecule has 0 spiro atoms. The number of nitrogens with zero attached hydrogens (tertiary/aromatic N) is 5. The van der Waals surface area contributed by atoms with E-state index >= 15 is 0 Å². The second kappa shape index (κ2) is 7.21. The van der Waals surface area contributed by atoms with Gasteiger partial charge in [-0.3, -0.25) is 9.78 Å². The molecule has 0 bridgehead atoms. The molecule has 0 aliphatic heterocycles. The monoisotopic (exact) mass is 416 g/mol. The molecule has 0 unspecified atom stereocenters. The van der Waals surface area contributed by atoms with Crippen molar-refractivity contribution in [1.29, 1.82) is 0 Å². The molecule has 3 heterocycles. The molecular weight excluding hydrogens is 402 g/mol. The number of hydrogen-bond donors (Lipinski definition) is 1. The largest absolute Gasteiger partial charge is 0.365 e. The average molecular weight is 416 g/mol. The van der Waals surface area contributed by atoms with Crippen LogP contribution in [0.15, 0.2) is 60.8 Å². The lowest BCUT2D eigenvalue weighted by atomic mass is 10.1. The van der Waals surface area contributed by atoms with Crippen molar-refractivity contribution >= 4 is 28.0 Å². The van der Waals surface area contributed by atoms with Crippen molar-refractivity contribution in [2.75, 3.05) is 0 Å². The van der Waals surface area contributed by atoms with E-state index in [2.05, 4.69) is 20.3 Å². The van der Waals surface area contributed by atoms with E-state index in [0.29, 0.717) is 23.4 Å². The molecule has 0 saturated carbocycles. The summed E-state index contributed by atoms with van der Waals surface area (Å²) in [6.45, 7) is 0.366. The van der Waals surface area contributed by atoms with E-state index in [-0.39, 0.29) is 5.56 Å². The van der Waals surface area contributed by atoms with Crippen molar-refractivity contribution in [1.82, 2.24) is 25.0 Å². The van der Waals surface area contributed by atoms with Gasteiger partial charge in [-0.2, -0.15) is 0 Å². The fourth-order valence-electron chi connectivity index (χ4n) is 3.53. The minimum atomic E-state index is -1.17. The maximum absolute atomic E-state index is 14.2. The van der Waals surface area contributed by atoms with Crippen LogP contribution in [0.5, 0.6) is 0 Å². The highest BCUT2D eigenvalue weighted by Crippen LogP contribution is 2.25. The zero-order valence-electron chi connectivity index (χ0n) is 16.0. The Kier molecular flexibility index (Phi) is 4.36. The highest BCUT2D eigenvalue weighted by Gasteiger charge is 2.18. The molecule has 0 atom stereocenters. The first kappa shape index (κ1) is 18.7. The summed E-state index contributed by atoms with van der Waals surface area (Å²) in [6.07, 6.45) is 1.72. The van der Waals surface area contributed by atoms with Gasteiger partial charge in [0.25, 0.3) is 5.91 Å². The van der Waals surface area contributed by atoms with Gasteiger partial charge in [0.2, 0.25) is 0 Å². The fraction of sp³-hybridized carbons (Fsp3) is 0.0455. The smallest absolute Gasteiger partial charge is 0.254 e. The predicted octanol–water partition coefficient (Wildman–Crippen LogP) is 3.47. The normalized spacial score (nSPS) is 11.3. The van der Waals surface area contributed by atoms with Crippen LogP contribution in [0.2, 0.25) is 0 Å². The Balaban J connectivity index is 1.59. The van der Waals surface area contributed by atoms with Gasteiger partial charge in [-0.1, -0.05) is 29.5 Å². The maximum atomic E-state index is 14.2. The summed E-state index contributed by atoms with van der Waals surface area (Å²) in [5.41, 5.74) is 7.49. The molecule has 2 aromatic carbocycles. The second-order valence-electron chi connectivity index (χ2n) is 6.96. The number of hydrogen-bond acceptors (Lipinski definition) is 5. The number of carbonyl (C=O) groups excluding carboxylic acids is 1. The lowest BCUT2D eigenvalue weighted by Crippen LogP contribution is -2.15. The summed E-state index contributed by atoms with van der Waals surface area (Å²) in [4.78, 5) is 20.2. The van der Waals surface area contributed by atoms with Crippen LogP contribution in [0.4, 0.5) is 8.78 Å². The minimum absolute atomic E-state index is 0.168. The summed E-state index contributed by atoms with van der Waals surface area (Å²) >= 11 is 0. The number of halogens is 2. The Bertz CT molecular complexity index is 1450. The number of carbonyl (C=O) groups is 1. The number of nitrogens with two attached hydrogens (primary N) is 1. The van der Waals surface area contributed by atoms with Crippen LogP contribution in [0.25, 0.3) is 33.3 Å². The fourth-order valence-corrected chi connectivity index (χ4v) is 3.53. The molecule has 0 aliphatic rings. The Morgan fingerprint density at radius 3 is 2.58 bits per heavy atom. The Hall–Kier alpha value is -4.27. The molecule has 2 N–H and O–H groups in total. The van der Waals surface area contributed by atoms with Crippen LogP contribution in [-0.2, 0) is 6.54 Å². The molecule has 5 aromatic rings. The van der Waals surface area contributed by atoms with Crippen LogP contribution in [0.3, 0.4) is 0 Å². The number of aromatic nitrogens is 5. The van der Waals surface area contributed by atoms with Gasteiger partial charge < -0.3 is 5.73 Å². The zero-order chi connectivity index (χ0) is 21.5. The Labute approximate surface area is 174 Å². The molecule has 0 aliphatic carbocycles. The van der Waals surface area contributed by atoms with Gasteiger partial charge in [0, 0.05) is 17.1 Å². The first-order valence-corrected chi connectivity index (χ1v) is 9.33. The number of rotatable bonds is 4. The van der Waals surface area contributed by atoms with Crippen molar-refractivity contribution in [2.45, 2.75) is 6.54 Å². The summed E-state index contributed by atoms with van der Waals surface area (Å²) in [5, 5.41) is 9.29. The van der Waals surface area contributed by atoms with E-state index < -0.39 is 23.1 Å². The quantitative estimate of drug-likeness (QED) is 0.484. The number of fused-ring (bicyclic) bond motifs is 2. The standard InChI is InChI=1S/C22H14F2N6O/c23-15-9-14(10-16(24)19(15)21(25)31)17-6-7-18-22(27-17)30(29-28-18)11-13-4-1-3-12-5-2-8-26-20(12)13/h1-10H,11H2,(H2,25,31). The van der Waals surface area contributed by atoms with E-state index in [4.69, 9.17) is 5.73 Å². The third-order valence-corrected chi connectivity index (χ3v) is 4.98. The second-order valence-corrected chi connectivity index (χ2v) is 6.96. The Morgan fingerprint density at radius 1 is 1.03 bits per heavy atom. The van der Waals surface area contributed by atoms with Crippen LogP contribution in [-0.4, -0.2) is 30.9 Å². The van der Waals surface area contributed by atoms with Gasteiger partial charge in [0.05, 0.1) is 17.8 Å². The first-order chi connectivity index (χ1) is 15.0. The predicted molar refractivity (Wildman–Crippen MR) is 110 cm³/mol. The number of primary amides is 1.